The van der Waals surface area contributed by atoms with Crippen molar-refractivity contribution in [3.05, 3.63) is 94.8 Å². The van der Waals surface area contributed by atoms with E-state index in [1.807, 2.05) is 13.0 Å². The number of allylic oxidation sites excluding steroid dienone is 2. The number of halogens is 3. The van der Waals surface area contributed by atoms with E-state index < -0.39 is 23.6 Å². The minimum absolute atomic E-state index is 0.0939. The number of aromatic hydroxyl groups is 1. The molecule has 0 aromatic heterocycles. The second-order valence-corrected chi connectivity index (χ2v) is 9.40. The third-order valence-corrected chi connectivity index (χ3v) is 6.97. The summed E-state index contributed by atoms with van der Waals surface area (Å²) < 4.78 is 43.9. The highest BCUT2D eigenvalue weighted by Crippen LogP contribution is 2.35. The lowest BCUT2D eigenvalue weighted by molar-refractivity contribution is 0.166. The van der Waals surface area contributed by atoms with E-state index in [0.29, 0.717) is 41.9 Å². The first-order chi connectivity index (χ1) is 16.9. The molecule has 0 fully saturated rings. The van der Waals surface area contributed by atoms with Gasteiger partial charge >= 0.3 is 0 Å². The number of phenolic OH excluding ortho intramolecular Hbond substituents is 1. The number of hydrogen-bond acceptors (Lipinski definition) is 2. The second kappa shape index (κ2) is 11.1. The number of aliphatic hydroxyl groups is 1. The lowest BCUT2D eigenvalue weighted by Gasteiger charge is -2.22. The van der Waals surface area contributed by atoms with Gasteiger partial charge in [0.05, 0.1) is 6.10 Å². The van der Waals surface area contributed by atoms with Gasteiger partial charge < -0.3 is 10.2 Å². The number of benzene rings is 3. The van der Waals surface area contributed by atoms with Gasteiger partial charge in [-0.1, -0.05) is 55.8 Å². The predicted octanol–water partition coefficient (Wildman–Crippen LogP) is 8.13. The monoisotopic (exact) mass is 480 g/mol. The zero-order valence-electron chi connectivity index (χ0n) is 19.9. The van der Waals surface area contributed by atoms with Crippen molar-refractivity contribution in [1.29, 1.82) is 0 Å². The summed E-state index contributed by atoms with van der Waals surface area (Å²) in [6.45, 7) is 2.00. The molecule has 0 amide bonds. The van der Waals surface area contributed by atoms with Gasteiger partial charge in [-0.3, -0.25) is 0 Å². The number of phenols is 1. The molecule has 0 saturated heterocycles. The molecule has 1 aliphatic carbocycles. The third-order valence-electron chi connectivity index (χ3n) is 6.97. The maximum Gasteiger partial charge on any atom is 0.166 e. The van der Waals surface area contributed by atoms with Gasteiger partial charge in [0.2, 0.25) is 0 Å². The van der Waals surface area contributed by atoms with Crippen LogP contribution in [0.1, 0.15) is 68.2 Å². The van der Waals surface area contributed by atoms with Gasteiger partial charge in [-0.25, -0.2) is 13.2 Å². The summed E-state index contributed by atoms with van der Waals surface area (Å²) in [5, 5.41) is 19.5. The van der Waals surface area contributed by atoms with Crippen LogP contribution in [0.2, 0.25) is 0 Å². The smallest absolute Gasteiger partial charge is 0.166 e. The quantitative estimate of drug-likeness (QED) is 0.342. The van der Waals surface area contributed by atoms with Crippen LogP contribution in [0.5, 0.6) is 5.75 Å². The topological polar surface area (TPSA) is 40.5 Å². The standard InChI is InChI=1S/C30H31F3O2/c1-2-3-28(35)22-12-10-21(11-13-22)26-16-14-23(29(32)30(26)33)9-6-19-4-7-20(8-5-19)25-17-15-24(34)18-27(25)31/h7,10-19,28,34-35H,2-6,8-9H2,1H3. The average molecular weight is 481 g/mol. The van der Waals surface area contributed by atoms with Gasteiger partial charge in [-0.15, -0.1) is 0 Å². The molecule has 0 spiro atoms. The number of aliphatic hydroxyl groups excluding tert-OH is 1. The number of rotatable bonds is 8. The van der Waals surface area contributed by atoms with Crippen molar-refractivity contribution in [1.82, 2.24) is 0 Å². The van der Waals surface area contributed by atoms with E-state index in [0.717, 1.165) is 42.9 Å². The van der Waals surface area contributed by atoms with Gasteiger partial charge in [0.15, 0.2) is 11.6 Å². The van der Waals surface area contributed by atoms with Crippen LogP contribution in [0.15, 0.2) is 60.7 Å². The Morgan fingerprint density at radius 3 is 2.34 bits per heavy atom. The Kier molecular flexibility index (Phi) is 7.97. The zero-order chi connectivity index (χ0) is 24.9. The van der Waals surface area contributed by atoms with E-state index in [1.54, 1.807) is 42.5 Å². The van der Waals surface area contributed by atoms with Gasteiger partial charge in [0, 0.05) is 17.2 Å². The number of aryl methyl sites for hydroxylation is 1. The number of hydrogen-bond donors (Lipinski definition) is 2. The fourth-order valence-corrected chi connectivity index (χ4v) is 4.85. The molecule has 1 aliphatic rings. The molecule has 184 valence electrons. The molecule has 0 radical (unpaired) electrons. The van der Waals surface area contributed by atoms with Crippen LogP contribution in [-0.2, 0) is 6.42 Å². The molecule has 4 rings (SSSR count). The Morgan fingerprint density at radius 1 is 0.943 bits per heavy atom. The van der Waals surface area contributed by atoms with E-state index in [1.165, 1.54) is 6.07 Å². The summed E-state index contributed by atoms with van der Waals surface area (Å²) in [5.74, 6) is -1.86. The molecular weight excluding hydrogens is 449 g/mol. The van der Waals surface area contributed by atoms with Crippen molar-refractivity contribution in [3.63, 3.8) is 0 Å². The zero-order valence-corrected chi connectivity index (χ0v) is 19.9. The first-order valence-corrected chi connectivity index (χ1v) is 12.3. The fourth-order valence-electron chi connectivity index (χ4n) is 4.85. The van der Waals surface area contributed by atoms with Crippen molar-refractivity contribution in [2.45, 2.75) is 58.0 Å². The highest BCUT2D eigenvalue weighted by atomic mass is 19.2. The molecule has 2 N–H and O–H groups in total. The minimum atomic E-state index is -0.849. The molecule has 2 unspecified atom stereocenters. The lowest BCUT2D eigenvalue weighted by atomic mass is 9.83. The molecule has 2 atom stereocenters. The fraction of sp³-hybridized carbons (Fsp3) is 0.333. The van der Waals surface area contributed by atoms with Crippen LogP contribution in [0.3, 0.4) is 0 Å². The summed E-state index contributed by atoms with van der Waals surface area (Å²) in [6, 6.07) is 14.4. The second-order valence-electron chi connectivity index (χ2n) is 9.40. The highest BCUT2D eigenvalue weighted by molar-refractivity contribution is 5.67. The maximum absolute atomic E-state index is 14.9. The van der Waals surface area contributed by atoms with E-state index in [2.05, 4.69) is 0 Å². The van der Waals surface area contributed by atoms with Gasteiger partial charge in [0.25, 0.3) is 0 Å². The first-order valence-electron chi connectivity index (χ1n) is 12.3. The summed E-state index contributed by atoms with van der Waals surface area (Å²) >= 11 is 0. The molecule has 35 heavy (non-hydrogen) atoms. The molecule has 0 heterocycles. The molecule has 5 heteroatoms. The van der Waals surface area contributed by atoms with Crippen molar-refractivity contribution in [2.24, 2.45) is 5.92 Å². The van der Waals surface area contributed by atoms with Gasteiger partial charge in [-0.2, -0.15) is 0 Å². The van der Waals surface area contributed by atoms with Gasteiger partial charge in [-0.05, 0) is 78.8 Å². The molecule has 0 saturated carbocycles. The lowest BCUT2D eigenvalue weighted by Crippen LogP contribution is -2.08. The Labute approximate surface area is 204 Å². The van der Waals surface area contributed by atoms with Crippen LogP contribution in [0.4, 0.5) is 13.2 Å². The molecule has 0 aliphatic heterocycles. The van der Waals surface area contributed by atoms with E-state index >= 15 is 0 Å². The van der Waals surface area contributed by atoms with Crippen LogP contribution in [-0.4, -0.2) is 10.2 Å². The first kappa shape index (κ1) is 25.1. The predicted molar refractivity (Wildman–Crippen MR) is 133 cm³/mol. The Balaban J connectivity index is 1.39. The van der Waals surface area contributed by atoms with Crippen molar-refractivity contribution in [3.8, 4) is 16.9 Å². The summed E-state index contributed by atoms with van der Waals surface area (Å²) in [6.07, 6.45) is 6.47. The Hall–Kier alpha value is -3.05. The molecule has 3 aromatic rings. The SMILES string of the molecule is CCCC(O)c1ccc(-c2ccc(CCC3CC=C(c4ccc(O)cc4F)CC3)c(F)c2F)cc1. The summed E-state index contributed by atoms with van der Waals surface area (Å²) in [5.41, 5.74) is 3.36. The summed E-state index contributed by atoms with van der Waals surface area (Å²) in [4.78, 5) is 0. The minimum Gasteiger partial charge on any atom is -0.508 e. The molecule has 0 bridgehead atoms. The van der Waals surface area contributed by atoms with Crippen LogP contribution in [0.25, 0.3) is 16.7 Å². The Morgan fingerprint density at radius 2 is 1.69 bits per heavy atom. The van der Waals surface area contributed by atoms with Crippen LogP contribution < -0.4 is 0 Å². The van der Waals surface area contributed by atoms with Crippen LogP contribution in [0, 0.1) is 23.4 Å². The van der Waals surface area contributed by atoms with Gasteiger partial charge in [0.1, 0.15) is 11.6 Å². The highest BCUT2D eigenvalue weighted by Gasteiger charge is 2.20. The van der Waals surface area contributed by atoms with Crippen molar-refractivity contribution >= 4 is 5.57 Å². The molecule has 2 nitrogen and oxygen atoms in total. The largest absolute Gasteiger partial charge is 0.508 e. The van der Waals surface area contributed by atoms with Crippen molar-refractivity contribution < 1.29 is 23.4 Å². The molecular formula is C30H31F3O2. The van der Waals surface area contributed by atoms with Crippen molar-refractivity contribution in [2.75, 3.05) is 0 Å². The van der Waals surface area contributed by atoms with Crippen LogP contribution >= 0.6 is 0 Å². The summed E-state index contributed by atoms with van der Waals surface area (Å²) in [7, 11) is 0. The van der Waals surface area contributed by atoms with E-state index in [4.69, 9.17) is 0 Å². The van der Waals surface area contributed by atoms with E-state index in [9.17, 15) is 23.4 Å². The third kappa shape index (κ3) is 5.79. The normalized spacial score (nSPS) is 16.7. The molecule has 3 aromatic carbocycles. The van der Waals surface area contributed by atoms with E-state index in [-0.39, 0.29) is 11.3 Å². The average Bonchev–Trinajstić information content (AvgIpc) is 2.86. The maximum atomic E-state index is 14.9. The Bertz CT molecular complexity index is 1200.